The van der Waals surface area contributed by atoms with Crippen LogP contribution in [0.2, 0.25) is 0 Å². The summed E-state index contributed by atoms with van der Waals surface area (Å²) < 4.78 is 0. The van der Waals surface area contributed by atoms with Crippen LogP contribution in [0.4, 0.5) is 0 Å². The van der Waals surface area contributed by atoms with E-state index < -0.39 is 72.8 Å². The molecule has 4 atom stereocenters. The zero-order valence-electron chi connectivity index (χ0n) is 18.0. The van der Waals surface area contributed by atoms with Crippen LogP contribution in [0.15, 0.2) is 0 Å². The van der Waals surface area contributed by atoms with Crippen molar-refractivity contribution >= 4 is 35.6 Å². The van der Waals surface area contributed by atoms with Gasteiger partial charge in [-0.2, -0.15) is 0 Å². The molecule has 0 aromatic heterocycles. The lowest BCUT2D eigenvalue weighted by atomic mass is 10.1. The lowest BCUT2D eigenvalue weighted by Crippen LogP contribution is -2.58. The maximum absolute atomic E-state index is 12.7. The second-order valence-electron chi connectivity index (χ2n) is 7.20. The number of nitrogens with one attached hydrogen (secondary N) is 3. The van der Waals surface area contributed by atoms with Gasteiger partial charge in [0.15, 0.2) is 0 Å². The van der Waals surface area contributed by atoms with Gasteiger partial charge in [-0.3, -0.25) is 24.0 Å². The molecular weight excluding hydrogens is 444 g/mol. The van der Waals surface area contributed by atoms with E-state index in [1.165, 1.54) is 0 Å². The van der Waals surface area contributed by atoms with Gasteiger partial charge in [0.25, 0.3) is 0 Å². The van der Waals surface area contributed by atoms with Crippen molar-refractivity contribution < 1.29 is 44.1 Å². The SMILES string of the molecule is NCCCCC(NC(=O)C(N)CCC(=O)O)C(=O)NC(CO)C(=O)NC(CC(N)=O)C(=O)O. The Morgan fingerprint density at radius 2 is 1.33 bits per heavy atom. The highest BCUT2D eigenvalue weighted by Crippen LogP contribution is 2.04. The van der Waals surface area contributed by atoms with Crippen molar-refractivity contribution in [2.24, 2.45) is 17.2 Å². The highest BCUT2D eigenvalue weighted by Gasteiger charge is 2.30. The van der Waals surface area contributed by atoms with Crippen LogP contribution in [0, 0.1) is 0 Å². The summed E-state index contributed by atoms with van der Waals surface area (Å²) in [5.41, 5.74) is 16.0. The molecule has 15 nitrogen and oxygen atoms in total. The molecule has 0 aliphatic heterocycles. The Labute approximate surface area is 189 Å². The molecule has 4 unspecified atom stereocenters. The largest absolute Gasteiger partial charge is 0.481 e. The third-order valence-corrected chi connectivity index (χ3v) is 4.42. The van der Waals surface area contributed by atoms with Crippen LogP contribution < -0.4 is 33.2 Å². The molecule has 0 aliphatic rings. The van der Waals surface area contributed by atoms with E-state index in [0.29, 0.717) is 19.4 Å². The number of unbranched alkanes of at least 4 members (excludes halogenated alkanes) is 1. The maximum atomic E-state index is 12.7. The van der Waals surface area contributed by atoms with Crippen molar-refractivity contribution in [1.29, 1.82) is 0 Å². The first-order valence-electron chi connectivity index (χ1n) is 10.1. The number of aliphatic carboxylic acids is 2. The van der Waals surface area contributed by atoms with Crippen molar-refractivity contribution in [3.63, 3.8) is 0 Å². The Bertz CT molecular complexity index is 718. The summed E-state index contributed by atoms with van der Waals surface area (Å²) in [6.45, 7) is -0.597. The van der Waals surface area contributed by atoms with Crippen LogP contribution >= 0.6 is 0 Å². The minimum Gasteiger partial charge on any atom is -0.481 e. The van der Waals surface area contributed by atoms with Crippen molar-refractivity contribution in [1.82, 2.24) is 16.0 Å². The van der Waals surface area contributed by atoms with Crippen LogP contribution in [0.3, 0.4) is 0 Å². The molecule has 0 aromatic carbocycles. The van der Waals surface area contributed by atoms with Gasteiger partial charge in [0.1, 0.15) is 18.1 Å². The Kier molecular flexibility index (Phi) is 13.9. The quantitative estimate of drug-likeness (QED) is 0.0905. The Balaban J connectivity index is 5.25. The summed E-state index contributed by atoms with van der Waals surface area (Å²) in [6.07, 6.45) is -0.215. The molecule has 0 heterocycles. The van der Waals surface area contributed by atoms with Crippen molar-refractivity contribution in [3.8, 4) is 0 Å². The van der Waals surface area contributed by atoms with Gasteiger partial charge in [-0.15, -0.1) is 0 Å². The number of nitrogens with two attached hydrogens (primary N) is 3. The zero-order chi connectivity index (χ0) is 25.6. The number of carboxylic acids is 2. The standard InChI is InChI=1S/C18H32N6O9/c19-6-2-1-3-10(22-15(29)9(20)4-5-14(27)28)16(30)24-12(8-25)17(31)23-11(18(32)33)7-13(21)26/h9-12,25H,1-8,19-20H2,(H2,21,26)(H,22,29)(H,23,31)(H,24,30)(H,27,28)(H,32,33). The van der Waals surface area contributed by atoms with Gasteiger partial charge in [-0.05, 0) is 32.2 Å². The third kappa shape index (κ3) is 12.4. The van der Waals surface area contributed by atoms with E-state index in [-0.39, 0.29) is 19.3 Å². The molecule has 0 spiro atoms. The molecule has 12 N–H and O–H groups in total. The van der Waals surface area contributed by atoms with Crippen LogP contribution in [0.25, 0.3) is 0 Å². The summed E-state index contributed by atoms with van der Waals surface area (Å²) in [5, 5.41) is 33.8. The summed E-state index contributed by atoms with van der Waals surface area (Å²) >= 11 is 0. The van der Waals surface area contributed by atoms with Gasteiger partial charge in [-0.25, -0.2) is 4.79 Å². The highest BCUT2D eigenvalue weighted by molar-refractivity contribution is 5.95. The zero-order valence-corrected chi connectivity index (χ0v) is 18.0. The minimum absolute atomic E-state index is 0.0968. The third-order valence-electron chi connectivity index (χ3n) is 4.42. The second kappa shape index (κ2) is 15.5. The number of rotatable bonds is 17. The van der Waals surface area contributed by atoms with Crippen LogP contribution in [0.5, 0.6) is 0 Å². The lowest BCUT2D eigenvalue weighted by Gasteiger charge is -2.24. The summed E-state index contributed by atoms with van der Waals surface area (Å²) in [7, 11) is 0. The van der Waals surface area contributed by atoms with E-state index in [4.69, 9.17) is 27.4 Å². The second-order valence-corrected chi connectivity index (χ2v) is 7.20. The molecule has 0 aliphatic carbocycles. The van der Waals surface area contributed by atoms with E-state index in [2.05, 4.69) is 10.6 Å². The Hall–Kier alpha value is -3.30. The van der Waals surface area contributed by atoms with Crippen LogP contribution in [0.1, 0.15) is 38.5 Å². The van der Waals surface area contributed by atoms with Gasteiger partial charge in [0, 0.05) is 6.42 Å². The van der Waals surface area contributed by atoms with E-state index in [1.54, 1.807) is 0 Å². The smallest absolute Gasteiger partial charge is 0.326 e. The van der Waals surface area contributed by atoms with E-state index in [1.807, 2.05) is 5.32 Å². The molecule has 188 valence electrons. The molecule has 0 rings (SSSR count). The monoisotopic (exact) mass is 476 g/mol. The van der Waals surface area contributed by atoms with E-state index in [9.17, 15) is 33.9 Å². The minimum atomic E-state index is -1.67. The molecule has 4 amide bonds. The predicted octanol–water partition coefficient (Wildman–Crippen LogP) is -4.29. The molecule has 0 radical (unpaired) electrons. The number of carbonyl (C=O) groups excluding carboxylic acids is 4. The molecule has 15 heteroatoms. The number of aliphatic hydroxyl groups excluding tert-OH is 1. The average Bonchev–Trinajstić information content (AvgIpc) is 2.73. The number of aliphatic hydroxyl groups is 1. The molecule has 0 bridgehead atoms. The van der Waals surface area contributed by atoms with Gasteiger partial charge in [0.2, 0.25) is 23.6 Å². The number of carboxylic acid groups (broad SMARTS) is 2. The number of carbonyl (C=O) groups is 6. The summed E-state index contributed by atoms with van der Waals surface area (Å²) in [5.74, 6) is -6.45. The maximum Gasteiger partial charge on any atom is 0.326 e. The summed E-state index contributed by atoms with van der Waals surface area (Å²) in [6, 6.07) is -5.66. The van der Waals surface area contributed by atoms with Gasteiger partial charge in [-0.1, -0.05) is 0 Å². The molecule has 0 saturated carbocycles. The van der Waals surface area contributed by atoms with Crippen LogP contribution in [-0.2, 0) is 28.8 Å². The molecule has 0 aromatic rings. The fraction of sp³-hybridized carbons (Fsp3) is 0.667. The number of hydrogen-bond acceptors (Lipinski definition) is 9. The first kappa shape index (κ1) is 29.7. The molecule has 33 heavy (non-hydrogen) atoms. The Morgan fingerprint density at radius 1 is 0.788 bits per heavy atom. The van der Waals surface area contributed by atoms with Crippen molar-refractivity contribution in [2.75, 3.05) is 13.2 Å². The predicted molar refractivity (Wildman–Crippen MR) is 112 cm³/mol. The van der Waals surface area contributed by atoms with Crippen LogP contribution in [-0.4, -0.2) is 88.2 Å². The fourth-order valence-electron chi connectivity index (χ4n) is 2.59. The topological polar surface area (TPSA) is 277 Å². The van der Waals surface area contributed by atoms with Crippen molar-refractivity contribution in [2.45, 2.75) is 62.7 Å². The number of amides is 4. The average molecular weight is 476 g/mol. The highest BCUT2D eigenvalue weighted by atomic mass is 16.4. The van der Waals surface area contributed by atoms with E-state index in [0.717, 1.165) is 0 Å². The van der Waals surface area contributed by atoms with Crippen molar-refractivity contribution in [3.05, 3.63) is 0 Å². The van der Waals surface area contributed by atoms with Gasteiger partial charge >= 0.3 is 11.9 Å². The number of primary amides is 1. The summed E-state index contributed by atoms with van der Waals surface area (Å²) in [4.78, 5) is 70.0. The molecule has 0 saturated heterocycles. The normalized spacial score (nSPS) is 14.3. The van der Waals surface area contributed by atoms with Gasteiger partial charge < -0.3 is 48.5 Å². The first-order chi connectivity index (χ1) is 15.4. The van der Waals surface area contributed by atoms with Gasteiger partial charge in [0.05, 0.1) is 19.1 Å². The number of hydrogen-bond donors (Lipinski definition) is 9. The molecule has 0 fully saturated rings. The lowest BCUT2D eigenvalue weighted by molar-refractivity contribution is -0.144. The van der Waals surface area contributed by atoms with E-state index >= 15 is 0 Å². The molecular formula is C18H32N6O9. The first-order valence-corrected chi connectivity index (χ1v) is 10.1. The fourth-order valence-corrected chi connectivity index (χ4v) is 2.59. The Morgan fingerprint density at radius 3 is 1.82 bits per heavy atom.